The summed E-state index contributed by atoms with van der Waals surface area (Å²) in [6, 6.07) is 11.0. The molecule has 4 amide bonds. The lowest BCUT2D eigenvalue weighted by atomic mass is 10.0. The maximum absolute atomic E-state index is 15.5. The molecule has 5 atom stereocenters. The Balaban J connectivity index is 1.24. The number of carbonyl (C=O) groups is 4. The van der Waals surface area contributed by atoms with E-state index in [2.05, 4.69) is 25.5 Å². The van der Waals surface area contributed by atoms with Crippen molar-refractivity contribution in [1.82, 2.24) is 30.4 Å². The van der Waals surface area contributed by atoms with Crippen molar-refractivity contribution in [1.29, 1.82) is 0 Å². The van der Waals surface area contributed by atoms with Crippen molar-refractivity contribution in [3.63, 3.8) is 0 Å². The molecule has 296 valence electrons. The van der Waals surface area contributed by atoms with Crippen molar-refractivity contribution in [2.45, 2.75) is 101 Å². The Morgan fingerprint density at radius 2 is 1.88 bits per heavy atom. The maximum atomic E-state index is 15.5. The lowest BCUT2D eigenvalue weighted by Crippen LogP contribution is -2.59. The number of allylic oxidation sites excluding steroid dienone is 1. The van der Waals surface area contributed by atoms with E-state index in [1.54, 1.807) is 31.2 Å². The summed E-state index contributed by atoms with van der Waals surface area (Å²) >= 11 is 0. The number of benzene rings is 2. The van der Waals surface area contributed by atoms with Gasteiger partial charge in [0, 0.05) is 23.8 Å². The lowest BCUT2D eigenvalue weighted by Gasteiger charge is -2.30. The minimum Gasteiger partial charge on any atom is -0.472 e. The number of pyridine rings is 1. The van der Waals surface area contributed by atoms with Crippen LogP contribution in [-0.4, -0.2) is 82.1 Å². The SMILES string of the molecule is CCC(C)(C)S(=O)(=O)NC(=O)[C@@]12C[C@H]1/C=C\CCCCC[C@H](NC(=O)c1ccon1)C(=O)N1C[C@H](Oc3nc4ccccc4c4cccc(F)c34)C[C@H]1C(=O)N2. The first-order valence-corrected chi connectivity index (χ1v) is 20.4. The Morgan fingerprint density at radius 1 is 1.09 bits per heavy atom. The zero-order chi connectivity index (χ0) is 39.8. The number of hydrogen-bond acceptors (Lipinski definition) is 10. The maximum Gasteiger partial charge on any atom is 0.274 e. The average molecular weight is 789 g/mol. The third-order valence-electron chi connectivity index (χ3n) is 11.3. The number of halogens is 1. The van der Waals surface area contributed by atoms with Gasteiger partial charge in [-0.05, 0) is 63.5 Å². The Bertz CT molecular complexity index is 2320. The molecule has 1 aliphatic carbocycles. The summed E-state index contributed by atoms with van der Waals surface area (Å²) in [6.07, 6.45) is 7.35. The fourth-order valence-corrected chi connectivity index (χ4v) is 8.52. The van der Waals surface area contributed by atoms with Crippen molar-refractivity contribution in [2.24, 2.45) is 5.92 Å². The molecule has 7 rings (SSSR count). The fourth-order valence-electron chi connectivity index (χ4n) is 7.44. The predicted octanol–water partition coefficient (Wildman–Crippen LogP) is 4.69. The summed E-state index contributed by atoms with van der Waals surface area (Å²) in [5, 5.41) is 10.7. The highest BCUT2D eigenvalue weighted by Gasteiger charge is 2.62. The first kappa shape index (κ1) is 38.9. The van der Waals surface area contributed by atoms with Crippen molar-refractivity contribution in [3.05, 3.63) is 78.5 Å². The van der Waals surface area contributed by atoms with Crippen LogP contribution in [0.5, 0.6) is 5.88 Å². The van der Waals surface area contributed by atoms with Gasteiger partial charge in [-0.1, -0.05) is 67.4 Å². The molecule has 3 aliphatic rings. The van der Waals surface area contributed by atoms with Gasteiger partial charge in [0.25, 0.3) is 11.8 Å². The van der Waals surface area contributed by atoms with Gasteiger partial charge >= 0.3 is 0 Å². The van der Waals surface area contributed by atoms with Gasteiger partial charge in [0.2, 0.25) is 27.7 Å². The molecule has 2 aliphatic heterocycles. The van der Waals surface area contributed by atoms with Gasteiger partial charge in [-0.25, -0.2) is 17.8 Å². The molecule has 2 aromatic heterocycles. The van der Waals surface area contributed by atoms with E-state index in [1.165, 1.54) is 37.1 Å². The summed E-state index contributed by atoms with van der Waals surface area (Å²) in [7, 11) is -4.15. The van der Waals surface area contributed by atoms with Crippen molar-refractivity contribution >= 4 is 55.3 Å². The number of fused-ring (bicyclic) bond motifs is 5. The van der Waals surface area contributed by atoms with E-state index in [0.29, 0.717) is 30.2 Å². The van der Waals surface area contributed by atoms with Gasteiger partial charge in [-0.15, -0.1) is 0 Å². The van der Waals surface area contributed by atoms with E-state index in [1.807, 2.05) is 24.3 Å². The van der Waals surface area contributed by atoms with E-state index in [9.17, 15) is 27.6 Å². The van der Waals surface area contributed by atoms with Crippen LogP contribution >= 0.6 is 0 Å². The second kappa shape index (κ2) is 15.3. The highest BCUT2D eigenvalue weighted by molar-refractivity contribution is 7.91. The average Bonchev–Trinajstić information content (AvgIpc) is 3.46. The van der Waals surface area contributed by atoms with Gasteiger partial charge in [-0.3, -0.25) is 23.9 Å². The van der Waals surface area contributed by atoms with E-state index >= 15 is 4.39 Å². The summed E-state index contributed by atoms with van der Waals surface area (Å²) in [4.78, 5) is 62.2. The lowest BCUT2D eigenvalue weighted by molar-refractivity contribution is -0.141. The molecular weight excluding hydrogens is 744 g/mol. The Morgan fingerprint density at radius 3 is 2.64 bits per heavy atom. The summed E-state index contributed by atoms with van der Waals surface area (Å²) < 4.78 is 54.4. The number of para-hydroxylation sites is 1. The summed E-state index contributed by atoms with van der Waals surface area (Å²) in [5.41, 5.74) is -1.07. The number of amides is 4. The van der Waals surface area contributed by atoms with Crippen LogP contribution < -0.4 is 20.1 Å². The molecule has 0 spiro atoms. The third kappa shape index (κ3) is 7.45. The van der Waals surface area contributed by atoms with Gasteiger partial charge < -0.3 is 24.8 Å². The van der Waals surface area contributed by atoms with Crippen molar-refractivity contribution < 1.29 is 41.2 Å². The van der Waals surface area contributed by atoms with Crippen LogP contribution in [0, 0.1) is 11.7 Å². The zero-order valence-corrected chi connectivity index (χ0v) is 32.2. The number of ether oxygens (including phenoxy) is 1. The molecule has 16 heteroatoms. The monoisotopic (exact) mass is 788 g/mol. The quantitative estimate of drug-likeness (QED) is 0.167. The van der Waals surface area contributed by atoms with Gasteiger partial charge in [0.05, 0.1) is 22.2 Å². The minimum atomic E-state index is -4.15. The Kier molecular flexibility index (Phi) is 10.6. The molecular formula is C40H45FN6O8S. The largest absolute Gasteiger partial charge is 0.472 e. The van der Waals surface area contributed by atoms with Crippen LogP contribution in [0.3, 0.4) is 0 Å². The second-order valence-corrected chi connectivity index (χ2v) is 17.7. The molecule has 0 unspecified atom stereocenters. The first-order chi connectivity index (χ1) is 26.7. The van der Waals surface area contributed by atoms with E-state index in [4.69, 9.17) is 9.26 Å². The van der Waals surface area contributed by atoms with E-state index < -0.39 is 73.9 Å². The number of sulfonamides is 1. The minimum absolute atomic E-state index is 0.0136. The topological polar surface area (TPSA) is 190 Å². The number of rotatable bonds is 8. The molecule has 1 saturated heterocycles. The van der Waals surface area contributed by atoms with E-state index in [-0.39, 0.29) is 49.2 Å². The number of nitrogens with one attached hydrogen (secondary N) is 3. The molecule has 1 saturated carbocycles. The molecule has 2 fully saturated rings. The standard InChI is InChI=1S/C40H45FN6O8S/c1-4-39(2,3)56(52,53)46-38(51)40-22-24(40)13-8-6-5-7-9-18-31(42-34(48)30-19-20-54-45-30)37(50)47-23-25(21-32(47)35(49)44-40)55-36-33-27(15-12-16-28(33)41)26-14-10-11-17-29(26)43-36/h8,10-17,19-20,24-25,31-32H,4-7,9,18,21-23H2,1-3H3,(H,42,48)(H,44,49)(H,46,51)/b13-8-/t24-,25-,31+,32+,40-/m1/s1. The highest BCUT2D eigenvalue weighted by Crippen LogP contribution is 2.46. The van der Waals surface area contributed by atoms with Crippen LogP contribution in [0.25, 0.3) is 21.7 Å². The fraction of sp³-hybridized carbons (Fsp3) is 0.450. The highest BCUT2D eigenvalue weighted by atomic mass is 32.2. The number of nitrogens with zero attached hydrogens (tertiary/aromatic N) is 3. The first-order valence-electron chi connectivity index (χ1n) is 19.0. The molecule has 2 aromatic carbocycles. The second-order valence-electron chi connectivity index (χ2n) is 15.4. The summed E-state index contributed by atoms with van der Waals surface area (Å²) in [5.74, 6) is -3.85. The number of carbonyl (C=O) groups excluding carboxylic acids is 4. The third-order valence-corrected chi connectivity index (χ3v) is 13.5. The Hall–Kier alpha value is -5.38. The Labute approximate surface area is 323 Å². The molecule has 3 N–H and O–H groups in total. The molecule has 14 nitrogen and oxygen atoms in total. The van der Waals surface area contributed by atoms with Crippen molar-refractivity contribution in [2.75, 3.05) is 6.54 Å². The normalized spacial score (nSPS) is 25.3. The van der Waals surface area contributed by atoms with Crippen LogP contribution in [0.4, 0.5) is 4.39 Å². The van der Waals surface area contributed by atoms with Crippen LogP contribution in [0.15, 0.2) is 71.5 Å². The predicted molar refractivity (Wildman–Crippen MR) is 204 cm³/mol. The van der Waals surface area contributed by atoms with Crippen LogP contribution in [0.1, 0.15) is 82.6 Å². The van der Waals surface area contributed by atoms with Gasteiger partial charge in [0.1, 0.15) is 35.8 Å². The zero-order valence-electron chi connectivity index (χ0n) is 31.4. The molecule has 56 heavy (non-hydrogen) atoms. The smallest absolute Gasteiger partial charge is 0.274 e. The number of aromatic nitrogens is 2. The molecule has 4 heterocycles. The molecule has 0 bridgehead atoms. The summed E-state index contributed by atoms with van der Waals surface area (Å²) in [6.45, 7) is 4.59. The van der Waals surface area contributed by atoms with Crippen LogP contribution in [0.2, 0.25) is 0 Å². The van der Waals surface area contributed by atoms with Crippen molar-refractivity contribution in [3.8, 4) is 5.88 Å². The molecule has 4 aromatic rings. The number of hydrogen-bond donors (Lipinski definition) is 3. The van der Waals surface area contributed by atoms with Gasteiger partial charge in [-0.2, -0.15) is 0 Å². The molecule has 0 radical (unpaired) electrons. The van der Waals surface area contributed by atoms with E-state index in [0.717, 1.165) is 11.8 Å². The van der Waals surface area contributed by atoms with Gasteiger partial charge in [0.15, 0.2) is 5.69 Å². The van der Waals surface area contributed by atoms with Crippen LogP contribution in [-0.2, 0) is 24.4 Å².